The van der Waals surface area contributed by atoms with Gasteiger partial charge in [-0.3, -0.25) is 4.98 Å². The molecule has 3 nitrogen and oxygen atoms in total. The first kappa shape index (κ1) is 12.0. The molecule has 1 rings (SSSR count). The SMILES string of the molecule is CCCC(NC)c1cncc(OCC)c1. The van der Waals surface area contributed by atoms with Gasteiger partial charge in [-0.2, -0.15) is 0 Å². The van der Waals surface area contributed by atoms with E-state index >= 15 is 0 Å². The van der Waals surface area contributed by atoms with Gasteiger partial charge in [-0.1, -0.05) is 13.3 Å². The fourth-order valence-electron chi connectivity index (χ4n) is 1.64. The molecule has 1 aromatic rings. The summed E-state index contributed by atoms with van der Waals surface area (Å²) in [6.07, 6.45) is 5.93. The topological polar surface area (TPSA) is 34.2 Å². The first-order valence-electron chi connectivity index (χ1n) is 5.56. The maximum absolute atomic E-state index is 5.43. The van der Waals surface area contributed by atoms with Crippen LogP contribution in [0.15, 0.2) is 18.5 Å². The van der Waals surface area contributed by atoms with Crippen LogP contribution in [-0.4, -0.2) is 18.6 Å². The zero-order chi connectivity index (χ0) is 11.1. The van der Waals surface area contributed by atoms with Gasteiger partial charge in [0.1, 0.15) is 5.75 Å². The van der Waals surface area contributed by atoms with E-state index < -0.39 is 0 Å². The van der Waals surface area contributed by atoms with Crippen LogP contribution in [0.25, 0.3) is 0 Å². The monoisotopic (exact) mass is 208 g/mol. The summed E-state index contributed by atoms with van der Waals surface area (Å²) in [6, 6.07) is 2.44. The van der Waals surface area contributed by atoms with Crippen molar-refractivity contribution in [2.24, 2.45) is 0 Å². The minimum Gasteiger partial charge on any atom is -0.492 e. The molecule has 0 aliphatic carbocycles. The fraction of sp³-hybridized carbons (Fsp3) is 0.583. The third kappa shape index (κ3) is 3.51. The molecule has 84 valence electrons. The second-order valence-corrected chi connectivity index (χ2v) is 3.52. The van der Waals surface area contributed by atoms with Gasteiger partial charge in [-0.05, 0) is 32.0 Å². The van der Waals surface area contributed by atoms with Gasteiger partial charge in [-0.25, -0.2) is 0 Å². The Kier molecular flexibility index (Phi) is 5.12. The Morgan fingerprint density at radius 3 is 2.80 bits per heavy atom. The van der Waals surface area contributed by atoms with E-state index in [1.54, 1.807) is 6.20 Å². The van der Waals surface area contributed by atoms with E-state index in [4.69, 9.17) is 4.74 Å². The average Bonchev–Trinajstić information content (AvgIpc) is 2.27. The Morgan fingerprint density at radius 2 is 2.20 bits per heavy atom. The van der Waals surface area contributed by atoms with Crippen LogP contribution in [0.1, 0.15) is 38.3 Å². The Hall–Kier alpha value is -1.09. The van der Waals surface area contributed by atoms with Crippen LogP contribution in [-0.2, 0) is 0 Å². The Morgan fingerprint density at radius 1 is 1.40 bits per heavy atom. The van der Waals surface area contributed by atoms with Crippen molar-refractivity contribution < 1.29 is 4.74 Å². The molecule has 1 heterocycles. The standard InChI is InChI=1S/C12H20N2O/c1-4-6-12(13-3)10-7-11(15-5-2)9-14-8-10/h7-9,12-13H,4-6H2,1-3H3. The minimum absolute atomic E-state index is 0.378. The van der Waals surface area contributed by atoms with Crippen molar-refractivity contribution in [2.75, 3.05) is 13.7 Å². The average molecular weight is 208 g/mol. The second-order valence-electron chi connectivity index (χ2n) is 3.52. The number of hydrogen-bond donors (Lipinski definition) is 1. The summed E-state index contributed by atoms with van der Waals surface area (Å²) in [6.45, 7) is 4.85. The van der Waals surface area contributed by atoms with Gasteiger partial charge in [0.15, 0.2) is 0 Å². The molecule has 0 spiro atoms. The van der Waals surface area contributed by atoms with Crippen LogP contribution in [0.5, 0.6) is 5.75 Å². The van der Waals surface area contributed by atoms with Crippen molar-refractivity contribution >= 4 is 0 Å². The van der Waals surface area contributed by atoms with Gasteiger partial charge < -0.3 is 10.1 Å². The van der Waals surface area contributed by atoms with E-state index in [9.17, 15) is 0 Å². The maximum atomic E-state index is 5.43. The van der Waals surface area contributed by atoms with E-state index in [1.165, 1.54) is 5.56 Å². The molecule has 0 aliphatic heterocycles. The molecule has 1 aromatic heterocycles. The van der Waals surface area contributed by atoms with Gasteiger partial charge in [0.2, 0.25) is 0 Å². The van der Waals surface area contributed by atoms with Gasteiger partial charge in [0.05, 0.1) is 12.8 Å². The lowest BCUT2D eigenvalue weighted by Crippen LogP contribution is -2.16. The number of aromatic nitrogens is 1. The van der Waals surface area contributed by atoms with Crippen molar-refractivity contribution in [3.63, 3.8) is 0 Å². The van der Waals surface area contributed by atoms with Crippen LogP contribution in [0.3, 0.4) is 0 Å². The molecule has 0 aliphatic rings. The molecule has 1 unspecified atom stereocenters. The third-order valence-electron chi connectivity index (χ3n) is 2.37. The summed E-state index contributed by atoms with van der Waals surface area (Å²) in [4.78, 5) is 4.19. The van der Waals surface area contributed by atoms with Crippen LogP contribution >= 0.6 is 0 Å². The van der Waals surface area contributed by atoms with Crippen molar-refractivity contribution in [2.45, 2.75) is 32.7 Å². The highest BCUT2D eigenvalue weighted by Gasteiger charge is 2.08. The highest BCUT2D eigenvalue weighted by atomic mass is 16.5. The zero-order valence-electron chi connectivity index (χ0n) is 9.79. The summed E-state index contributed by atoms with van der Waals surface area (Å²) in [5.74, 6) is 0.853. The molecule has 0 saturated carbocycles. The summed E-state index contributed by atoms with van der Waals surface area (Å²) < 4.78 is 5.43. The van der Waals surface area contributed by atoms with Gasteiger partial charge in [0.25, 0.3) is 0 Å². The number of hydrogen-bond acceptors (Lipinski definition) is 3. The minimum atomic E-state index is 0.378. The predicted molar refractivity (Wildman–Crippen MR) is 62.1 cm³/mol. The molecule has 1 atom stereocenters. The summed E-state index contributed by atoms with van der Waals surface area (Å²) in [7, 11) is 1.98. The first-order valence-corrected chi connectivity index (χ1v) is 5.56. The molecule has 1 N–H and O–H groups in total. The number of nitrogens with one attached hydrogen (secondary N) is 1. The van der Waals surface area contributed by atoms with Gasteiger partial charge in [0, 0.05) is 12.2 Å². The number of rotatable bonds is 6. The molecule has 0 amide bonds. The fourth-order valence-corrected chi connectivity index (χ4v) is 1.64. The van der Waals surface area contributed by atoms with Crippen molar-refractivity contribution in [3.05, 3.63) is 24.0 Å². The molecule has 0 bridgehead atoms. The highest BCUT2D eigenvalue weighted by Crippen LogP contribution is 2.21. The molecular formula is C12H20N2O. The largest absolute Gasteiger partial charge is 0.492 e. The zero-order valence-corrected chi connectivity index (χ0v) is 9.79. The lowest BCUT2D eigenvalue weighted by molar-refractivity contribution is 0.337. The second kappa shape index (κ2) is 6.40. The van der Waals surface area contributed by atoms with Gasteiger partial charge >= 0.3 is 0 Å². The van der Waals surface area contributed by atoms with Crippen molar-refractivity contribution in [3.8, 4) is 5.75 Å². The van der Waals surface area contributed by atoms with Crippen LogP contribution in [0, 0.1) is 0 Å². The van der Waals surface area contributed by atoms with Crippen LogP contribution < -0.4 is 10.1 Å². The van der Waals surface area contributed by atoms with Crippen molar-refractivity contribution in [1.82, 2.24) is 10.3 Å². The normalized spacial score (nSPS) is 12.5. The molecular weight excluding hydrogens is 188 g/mol. The molecule has 0 saturated heterocycles. The molecule has 0 radical (unpaired) electrons. The van der Waals surface area contributed by atoms with E-state index in [0.29, 0.717) is 12.6 Å². The molecule has 15 heavy (non-hydrogen) atoms. The van der Waals surface area contributed by atoms with E-state index in [-0.39, 0.29) is 0 Å². The third-order valence-corrected chi connectivity index (χ3v) is 2.37. The quantitative estimate of drug-likeness (QED) is 0.780. The smallest absolute Gasteiger partial charge is 0.137 e. The maximum Gasteiger partial charge on any atom is 0.137 e. The van der Waals surface area contributed by atoms with Gasteiger partial charge in [-0.15, -0.1) is 0 Å². The lowest BCUT2D eigenvalue weighted by Gasteiger charge is -2.15. The number of pyridine rings is 1. The van der Waals surface area contributed by atoms with Crippen molar-refractivity contribution in [1.29, 1.82) is 0 Å². The molecule has 0 fully saturated rings. The van der Waals surface area contributed by atoms with E-state index in [2.05, 4.69) is 23.3 Å². The first-order chi connectivity index (χ1) is 7.31. The molecule has 3 heteroatoms. The Labute approximate surface area is 91.9 Å². The van der Waals surface area contributed by atoms with E-state index in [0.717, 1.165) is 18.6 Å². The predicted octanol–water partition coefficient (Wildman–Crippen LogP) is 2.54. The summed E-state index contributed by atoms with van der Waals surface area (Å²) in [5, 5.41) is 3.29. The lowest BCUT2D eigenvalue weighted by atomic mass is 10.0. The highest BCUT2D eigenvalue weighted by molar-refractivity contribution is 5.25. The Balaban J connectivity index is 2.77. The summed E-state index contributed by atoms with van der Waals surface area (Å²) >= 11 is 0. The van der Waals surface area contributed by atoms with Crippen LogP contribution in [0.4, 0.5) is 0 Å². The Bertz CT molecular complexity index is 289. The number of ether oxygens (including phenoxy) is 1. The molecule has 0 aromatic carbocycles. The van der Waals surface area contributed by atoms with Crippen LogP contribution in [0.2, 0.25) is 0 Å². The summed E-state index contributed by atoms with van der Waals surface area (Å²) in [5.41, 5.74) is 1.20. The van der Waals surface area contributed by atoms with E-state index in [1.807, 2.05) is 20.2 Å². The number of nitrogens with zero attached hydrogens (tertiary/aromatic N) is 1.